The van der Waals surface area contributed by atoms with Crippen LogP contribution < -0.4 is 4.74 Å². The SMILES string of the molecule is O=Cc1cccc(OC(F)(F)F)c1C(O)C(=O)O. The number of rotatable bonds is 4. The molecule has 98 valence electrons. The van der Waals surface area contributed by atoms with Crippen molar-refractivity contribution < 1.29 is 37.7 Å². The molecule has 0 aliphatic carbocycles. The Morgan fingerprint density at radius 2 is 2.00 bits per heavy atom. The van der Waals surface area contributed by atoms with Gasteiger partial charge in [0.15, 0.2) is 12.4 Å². The van der Waals surface area contributed by atoms with Crippen LogP contribution in [0.5, 0.6) is 5.75 Å². The summed E-state index contributed by atoms with van der Waals surface area (Å²) >= 11 is 0. The van der Waals surface area contributed by atoms with Gasteiger partial charge in [0.05, 0.1) is 0 Å². The molecule has 0 heterocycles. The molecule has 2 N–H and O–H groups in total. The summed E-state index contributed by atoms with van der Waals surface area (Å²) in [5, 5.41) is 17.9. The van der Waals surface area contributed by atoms with Gasteiger partial charge in [-0.15, -0.1) is 13.2 Å². The first-order chi connectivity index (χ1) is 8.26. The van der Waals surface area contributed by atoms with Gasteiger partial charge in [0.25, 0.3) is 0 Å². The average molecular weight is 264 g/mol. The molecule has 18 heavy (non-hydrogen) atoms. The van der Waals surface area contributed by atoms with E-state index in [1.165, 1.54) is 0 Å². The molecular formula is C10H7F3O5. The number of carboxylic acids is 1. The summed E-state index contributed by atoms with van der Waals surface area (Å²) in [6.45, 7) is 0. The van der Waals surface area contributed by atoms with Gasteiger partial charge < -0.3 is 14.9 Å². The second kappa shape index (κ2) is 5.05. The highest BCUT2D eigenvalue weighted by Gasteiger charge is 2.34. The lowest BCUT2D eigenvalue weighted by Crippen LogP contribution is -2.21. The topological polar surface area (TPSA) is 83.8 Å². The Morgan fingerprint density at radius 3 is 2.44 bits per heavy atom. The average Bonchev–Trinajstić information content (AvgIpc) is 2.25. The first-order valence-corrected chi connectivity index (χ1v) is 4.51. The molecule has 0 saturated heterocycles. The number of aliphatic hydroxyl groups is 1. The fraction of sp³-hybridized carbons (Fsp3) is 0.200. The van der Waals surface area contributed by atoms with Gasteiger partial charge in [-0.3, -0.25) is 4.79 Å². The van der Waals surface area contributed by atoms with E-state index < -0.39 is 35.3 Å². The Bertz CT molecular complexity index is 469. The van der Waals surface area contributed by atoms with Crippen LogP contribution in [0.25, 0.3) is 0 Å². The molecular weight excluding hydrogens is 257 g/mol. The number of benzene rings is 1. The maximum atomic E-state index is 12.1. The maximum Gasteiger partial charge on any atom is 0.573 e. The van der Waals surface area contributed by atoms with Crippen LogP contribution in [-0.4, -0.2) is 28.8 Å². The van der Waals surface area contributed by atoms with Gasteiger partial charge in [-0.05, 0) is 6.07 Å². The molecule has 0 saturated carbocycles. The van der Waals surface area contributed by atoms with Crippen molar-refractivity contribution in [3.8, 4) is 5.75 Å². The third-order valence-electron chi connectivity index (χ3n) is 1.96. The van der Waals surface area contributed by atoms with Crippen molar-refractivity contribution in [1.82, 2.24) is 0 Å². The van der Waals surface area contributed by atoms with E-state index in [4.69, 9.17) is 5.11 Å². The highest BCUT2D eigenvalue weighted by molar-refractivity contribution is 5.84. The highest BCUT2D eigenvalue weighted by atomic mass is 19.4. The molecule has 5 nitrogen and oxygen atoms in total. The van der Waals surface area contributed by atoms with Crippen LogP contribution in [0.2, 0.25) is 0 Å². The highest BCUT2D eigenvalue weighted by Crippen LogP contribution is 2.32. The molecule has 1 aromatic carbocycles. The minimum atomic E-state index is -5.06. The van der Waals surface area contributed by atoms with Crippen LogP contribution in [0.3, 0.4) is 0 Å². The number of hydrogen-bond donors (Lipinski definition) is 2. The minimum Gasteiger partial charge on any atom is -0.479 e. The number of halogens is 3. The first kappa shape index (κ1) is 14.0. The predicted octanol–water partition coefficient (Wildman–Crippen LogP) is 1.52. The van der Waals surface area contributed by atoms with Gasteiger partial charge in [0.1, 0.15) is 5.75 Å². The van der Waals surface area contributed by atoms with Crippen LogP contribution in [-0.2, 0) is 4.79 Å². The van der Waals surface area contributed by atoms with Gasteiger partial charge >= 0.3 is 12.3 Å². The number of alkyl halides is 3. The molecule has 1 atom stereocenters. The lowest BCUT2D eigenvalue weighted by Gasteiger charge is -2.16. The van der Waals surface area contributed by atoms with E-state index in [0.29, 0.717) is 0 Å². The summed E-state index contributed by atoms with van der Waals surface area (Å²) in [5.74, 6) is -2.72. The molecule has 8 heteroatoms. The Kier molecular flexibility index (Phi) is 3.92. The van der Waals surface area contributed by atoms with Crippen molar-refractivity contribution in [2.75, 3.05) is 0 Å². The quantitative estimate of drug-likeness (QED) is 0.805. The predicted molar refractivity (Wildman–Crippen MR) is 51.1 cm³/mol. The van der Waals surface area contributed by atoms with E-state index in [9.17, 15) is 27.9 Å². The summed E-state index contributed by atoms with van der Waals surface area (Å²) in [7, 11) is 0. The van der Waals surface area contributed by atoms with Crippen LogP contribution in [0.4, 0.5) is 13.2 Å². The summed E-state index contributed by atoms with van der Waals surface area (Å²) < 4.78 is 39.8. The minimum absolute atomic E-state index is 0.130. The van der Waals surface area contributed by atoms with Crippen LogP contribution in [0, 0.1) is 0 Å². The number of ether oxygens (including phenoxy) is 1. The molecule has 0 aliphatic heterocycles. The van der Waals surface area contributed by atoms with E-state index in [-0.39, 0.29) is 6.29 Å². The number of aliphatic hydroxyl groups excluding tert-OH is 1. The smallest absolute Gasteiger partial charge is 0.479 e. The molecule has 1 aromatic rings. The number of carbonyl (C=O) groups excluding carboxylic acids is 1. The van der Waals surface area contributed by atoms with E-state index in [0.717, 1.165) is 18.2 Å². The van der Waals surface area contributed by atoms with E-state index >= 15 is 0 Å². The Morgan fingerprint density at radius 1 is 1.39 bits per heavy atom. The van der Waals surface area contributed by atoms with Gasteiger partial charge in [-0.25, -0.2) is 4.79 Å². The summed E-state index contributed by atoms with van der Waals surface area (Å²) in [6, 6.07) is 2.95. The van der Waals surface area contributed by atoms with Crippen molar-refractivity contribution in [3.05, 3.63) is 29.3 Å². The van der Waals surface area contributed by atoms with E-state index in [2.05, 4.69) is 4.74 Å². The lowest BCUT2D eigenvalue weighted by atomic mass is 10.0. The molecule has 0 spiro atoms. The van der Waals surface area contributed by atoms with Gasteiger partial charge in [0.2, 0.25) is 0 Å². The monoisotopic (exact) mass is 264 g/mol. The molecule has 0 radical (unpaired) electrons. The Balaban J connectivity index is 3.33. The van der Waals surface area contributed by atoms with Gasteiger partial charge in [0, 0.05) is 11.1 Å². The van der Waals surface area contributed by atoms with Crippen molar-refractivity contribution >= 4 is 12.3 Å². The molecule has 0 bridgehead atoms. The molecule has 0 aliphatic rings. The lowest BCUT2D eigenvalue weighted by molar-refractivity contribution is -0.275. The number of aliphatic carboxylic acids is 1. The van der Waals surface area contributed by atoms with Crippen molar-refractivity contribution in [2.24, 2.45) is 0 Å². The third-order valence-corrected chi connectivity index (χ3v) is 1.96. The van der Waals surface area contributed by atoms with Crippen molar-refractivity contribution in [1.29, 1.82) is 0 Å². The number of carbonyl (C=O) groups is 2. The largest absolute Gasteiger partial charge is 0.573 e. The molecule has 0 aromatic heterocycles. The number of aldehydes is 1. The zero-order valence-corrected chi connectivity index (χ0v) is 8.64. The normalized spacial score (nSPS) is 12.9. The Hall–Kier alpha value is -2.09. The van der Waals surface area contributed by atoms with Crippen LogP contribution >= 0.6 is 0 Å². The molecule has 0 fully saturated rings. The van der Waals surface area contributed by atoms with E-state index in [1.807, 2.05) is 0 Å². The molecule has 1 rings (SSSR count). The summed E-state index contributed by atoms with van der Waals surface area (Å²) in [4.78, 5) is 21.2. The number of carboxylic acid groups (broad SMARTS) is 1. The Labute approximate surface area is 98.4 Å². The maximum absolute atomic E-state index is 12.1. The van der Waals surface area contributed by atoms with E-state index in [1.54, 1.807) is 0 Å². The number of hydrogen-bond acceptors (Lipinski definition) is 4. The van der Waals surface area contributed by atoms with Crippen molar-refractivity contribution in [2.45, 2.75) is 12.5 Å². The zero-order valence-electron chi connectivity index (χ0n) is 8.64. The second-order valence-electron chi connectivity index (χ2n) is 3.17. The fourth-order valence-electron chi connectivity index (χ4n) is 1.29. The zero-order chi connectivity index (χ0) is 13.9. The van der Waals surface area contributed by atoms with Crippen molar-refractivity contribution in [3.63, 3.8) is 0 Å². The summed E-state index contributed by atoms with van der Waals surface area (Å²) in [5.41, 5.74) is -1.14. The second-order valence-corrected chi connectivity index (χ2v) is 3.17. The molecule has 0 amide bonds. The standard InChI is InChI=1S/C10H7F3O5/c11-10(12,13)18-6-3-1-2-5(4-14)7(6)8(15)9(16)17/h1-4,8,15H,(H,16,17). The van der Waals surface area contributed by atoms with Crippen LogP contribution in [0.1, 0.15) is 22.0 Å². The van der Waals surface area contributed by atoms with Gasteiger partial charge in [-0.1, -0.05) is 12.1 Å². The van der Waals surface area contributed by atoms with Crippen LogP contribution in [0.15, 0.2) is 18.2 Å². The molecule has 1 unspecified atom stereocenters. The third kappa shape index (κ3) is 3.20. The summed E-state index contributed by atoms with van der Waals surface area (Å²) in [6.07, 6.45) is -7.22. The first-order valence-electron chi connectivity index (χ1n) is 4.51. The fourth-order valence-corrected chi connectivity index (χ4v) is 1.29. The van der Waals surface area contributed by atoms with Gasteiger partial charge in [-0.2, -0.15) is 0 Å².